The van der Waals surface area contributed by atoms with Gasteiger partial charge in [0, 0.05) is 12.6 Å². The number of rotatable bonds is 7. The Morgan fingerprint density at radius 2 is 2.06 bits per heavy atom. The monoisotopic (exact) mass is 245 g/mol. The first-order valence-corrected chi connectivity index (χ1v) is 6.29. The fourth-order valence-electron chi connectivity index (χ4n) is 1.28. The Balaban J connectivity index is 3.83. The first-order valence-electron chi connectivity index (χ1n) is 6.29. The zero-order chi connectivity index (χ0) is 13.3. The summed E-state index contributed by atoms with van der Waals surface area (Å²) in [7, 11) is 0. The Kier molecular flexibility index (Phi) is 7.91. The number of nitrogens with one attached hydrogen (secondary N) is 2. The second kappa shape index (κ2) is 8.31. The third-order valence-electron chi connectivity index (χ3n) is 2.16. The van der Waals surface area contributed by atoms with Crippen molar-refractivity contribution in [3.63, 3.8) is 0 Å². The van der Waals surface area contributed by atoms with Gasteiger partial charge in [-0.2, -0.15) is 0 Å². The van der Waals surface area contributed by atoms with Crippen molar-refractivity contribution in [3.8, 4) is 0 Å². The molecule has 1 amide bonds. The lowest BCUT2D eigenvalue weighted by molar-refractivity contribution is 0.0502. The molecular weight excluding hydrogens is 218 g/mol. The van der Waals surface area contributed by atoms with Gasteiger partial charge >= 0.3 is 6.09 Å². The fourth-order valence-corrected chi connectivity index (χ4v) is 1.28. The van der Waals surface area contributed by atoms with Crippen molar-refractivity contribution in [3.05, 3.63) is 0 Å². The van der Waals surface area contributed by atoms with E-state index in [2.05, 4.69) is 10.6 Å². The lowest BCUT2D eigenvalue weighted by Crippen LogP contribution is -2.44. The average molecular weight is 245 g/mol. The topological polar surface area (TPSA) is 76.4 Å². The lowest BCUT2D eigenvalue weighted by Gasteiger charge is -2.23. The minimum atomic E-state index is -0.449. The molecule has 0 heterocycles. The first kappa shape index (κ1) is 16.2. The quantitative estimate of drug-likeness (QED) is 0.590. The van der Waals surface area contributed by atoms with Crippen LogP contribution in [-0.2, 0) is 4.74 Å². The molecule has 0 aromatic rings. The number of nitrogens with two attached hydrogens (primary N) is 1. The molecule has 0 aliphatic carbocycles. The number of hydrogen-bond acceptors (Lipinski definition) is 4. The van der Waals surface area contributed by atoms with Crippen LogP contribution in [0.15, 0.2) is 0 Å². The molecule has 4 N–H and O–H groups in total. The first-order chi connectivity index (χ1) is 7.89. The van der Waals surface area contributed by atoms with Crippen LogP contribution >= 0.6 is 0 Å². The van der Waals surface area contributed by atoms with Crippen LogP contribution in [0, 0.1) is 0 Å². The largest absolute Gasteiger partial charge is 0.444 e. The molecule has 0 aromatic carbocycles. The zero-order valence-electron chi connectivity index (χ0n) is 11.5. The van der Waals surface area contributed by atoms with E-state index in [1.807, 2.05) is 27.7 Å². The second-order valence-corrected chi connectivity index (χ2v) is 5.10. The van der Waals surface area contributed by atoms with Gasteiger partial charge in [-0.05, 0) is 46.7 Å². The Morgan fingerprint density at radius 1 is 1.41 bits per heavy atom. The number of carbonyl (C=O) groups is 1. The molecule has 0 fully saturated rings. The van der Waals surface area contributed by atoms with Gasteiger partial charge in [0.05, 0.1) is 0 Å². The molecule has 1 unspecified atom stereocenters. The standard InChI is InChI=1S/C12H27N3O2/c1-5-10(9-14-8-6-7-13)15-11(16)17-12(2,3)4/h10,14H,5-9,13H2,1-4H3,(H,15,16). The maximum Gasteiger partial charge on any atom is 0.407 e. The molecule has 5 nitrogen and oxygen atoms in total. The number of ether oxygens (including phenoxy) is 1. The molecule has 0 spiro atoms. The summed E-state index contributed by atoms with van der Waals surface area (Å²) in [4.78, 5) is 11.5. The molecule has 0 bridgehead atoms. The Morgan fingerprint density at radius 3 is 2.53 bits per heavy atom. The van der Waals surface area contributed by atoms with E-state index < -0.39 is 5.60 Å². The van der Waals surface area contributed by atoms with Crippen molar-refractivity contribution in [2.75, 3.05) is 19.6 Å². The van der Waals surface area contributed by atoms with Crippen LogP contribution in [-0.4, -0.2) is 37.4 Å². The highest BCUT2D eigenvalue weighted by atomic mass is 16.6. The van der Waals surface area contributed by atoms with Crippen molar-refractivity contribution in [1.82, 2.24) is 10.6 Å². The minimum Gasteiger partial charge on any atom is -0.444 e. The van der Waals surface area contributed by atoms with Crippen molar-refractivity contribution >= 4 is 6.09 Å². The summed E-state index contributed by atoms with van der Waals surface area (Å²) in [6.45, 7) is 9.90. The predicted molar refractivity (Wildman–Crippen MR) is 70.0 cm³/mol. The van der Waals surface area contributed by atoms with Crippen LogP contribution in [0.4, 0.5) is 4.79 Å². The SMILES string of the molecule is CCC(CNCCCN)NC(=O)OC(C)(C)C. The zero-order valence-corrected chi connectivity index (χ0v) is 11.5. The maximum absolute atomic E-state index is 11.5. The van der Waals surface area contributed by atoms with Crippen LogP contribution < -0.4 is 16.4 Å². The third-order valence-corrected chi connectivity index (χ3v) is 2.16. The van der Waals surface area contributed by atoms with Crippen molar-refractivity contribution in [1.29, 1.82) is 0 Å². The van der Waals surface area contributed by atoms with Gasteiger partial charge in [0.15, 0.2) is 0 Å². The van der Waals surface area contributed by atoms with E-state index in [9.17, 15) is 4.79 Å². The number of alkyl carbamates (subject to hydrolysis) is 1. The number of hydrogen-bond donors (Lipinski definition) is 3. The van der Waals surface area contributed by atoms with E-state index in [1.54, 1.807) is 0 Å². The fraction of sp³-hybridized carbons (Fsp3) is 0.917. The molecule has 0 radical (unpaired) electrons. The molecule has 17 heavy (non-hydrogen) atoms. The van der Waals surface area contributed by atoms with E-state index in [0.29, 0.717) is 6.54 Å². The van der Waals surface area contributed by atoms with Gasteiger partial charge in [0.1, 0.15) is 5.60 Å². The van der Waals surface area contributed by atoms with Crippen LogP contribution in [0.2, 0.25) is 0 Å². The Labute approximate surface area is 104 Å². The lowest BCUT2D eigenvalue weighted by atomic mass is 10.2. The van der Waals surface area contributed by atoms with Crippen LogP contribution in [0.1, 0.15) is 40.5 Å². The Bertz CT molecular complexity index is 214. The molecule has 1 atom stereocenters. The van der Waals surface area contributed by atoms with Gasteiger partial charge in [-0.3, -0.25) is 0 Å². The molecule has 0 aromatic heterocycles. The molecule has 5 heteroatoms. The highest BCUT2D eigenvalue weighted by Gasteiger charge is 2.18. The molecule has 0 saturated carbocycles. The van der Waals surface area contributed by atoms with Crippen LogP contribution in [0.5, 0.6) is 0 Å². The highest BCUT2D eigenvalue weighted by molar-refractivity contribution is 5.68. The summed E-state index contributed by atoms with van der Waals surface area (Å²) >= 11 is 0. The summed E-state index contributed by atoms with van der Waals surface area (Å²) in [6, 6.07) is 0.0997. The van der Waals surface area contributed by atoms with Gasteiger partial charge in [-0.25, -0.2) is 4.79 Å². The van der Waals surface area contributed by atoms with E-state index >= 15 is 0 Å². The third kappa shape index (κ3) is 10.1. The van der Waals surface area contributed by atoms with Gasteiger partial charge in [-0.1, -0.05) is 6.92 Å². The maximum atomic E-state index is 11.5. The molecule has 102 valence electrons. The predicted octanol–water partition coefficient (Wildman–Crippen LogP) is 1.23. The van der Waals surface area contributed by atoms with Crippen molar-refractivity contribution in [2.24, 2.45) is 5.73 Å². The van der Waals surface area contributed by atoms with Gasteiger partial charge < -0.3 is 21.1 Å². The molecular formula is C12H27N3O2. The minimum absolute atomic E-state index is 0.0997. The Hall–Kier alpha value is -0.810. The summed E-state index contributed by atoms with van der Waals surface area (Å²) in [5.41, 5.74) is 4.95. The summed E-state index contributed by atoms with van der Waals surface area (Å²) in [5.74, 6) is 0. The number of carbonyl (C=O) groups excluding carboxylic acids is 1. The van der Waals surface area contributed by atoms with Crippen molar-refractivity contribution < 1.29 is 9.53 Å². The molecule has 0 rings (SSSR count). The smallest absolute Gasteiger partial charge is 0.407 e. The van der Waals surface area contributed by atoms with Crippen LogP contribution in [0.25, 0.3) is 0 Å². The van der Waals surface area contributed by atoms with Crippen LogP contribution in [0.3, 0.4) is 0 Å². The van der Waals surface area contributed by atoms with Gasteiger partial charge in [0.2, 0.25) is 0 Å². The van der Waals surface area contributed by atoms with E-state index in [-0.39, 0.29) is 12.1 Å². The van der Waals surface area contributed by atoms with Gasteiger partial charge in [0.25, 0.3) is 0 Å². The molecule has 0 saturated heterocycles. The number of amides is 1. The van der Waals surface area contributed by atoms with E-state index in [4.69, 9.17) is 10.5 Å². The normalized spacial score (nSPS) is 13.2. The average Bonchev–Trinajstić information content (AvgIpc) is 2.20. The summed E-state index contributed by atoms with van der Waals surface area (Å²) in [5, 5.41) is 6.10. The summed E-state index contributed by atoms with van der Waals surface area (Å²) < 4.78 is 5.20. The molecule has 0 aliphatic rings. The van der Waals surface area contributed by atoms with Crippen molar-refractivity contribution in [2.45, 2.75) is 52.2 Å². The van der Waals surface area contributed by atoms with E-state index in [1.165, 1.54) is 0 Å². The highest BCUT2D eigenvalue weighted by Crippen LogP contribution is 2.06. The van der Waals surface area contributed by atoms with Gasteiger partial charge in [-0.15, -0.1) is 0 Å². The van der Waals surface area contributed by atoms with E-state index in [0.717, 1.165) is 25.9 Å². The molecule has 0 aliphatic heterocycles. The second-order valence-electron chi connectivity index (χ2n) is 5.10. The summed E-state index contributed by atoms with van der Waals surface area (Å²) in [6.07, 6.45) is 1.46.